The van der Waals surface area contributed by atoms with Crippen molar-refractivity contribution in [1.82, 2.24) is 0 Å². The van der Waals surface area contributed by atoms with Crippen molar-refractivity contribution in [3.05, 3.63) is 51.5 Å². The number of aliphatic hydroxyl groups is 2. The van der Waals surface area contributed by atoms with Crippen LogP contribution in [0.25, 0.3) is 6.08 Å². The maximum absolute atomic E-state index is 11.4. The number of aliphatic hydroxyl groups excluding tert-OH is 2. The molecule has 0 spiro atoms. The lowest BCUT2D eigenvalue weighted by Gasteiger charge is -2.57. The van der Waals surface area contributed by atoms with E-state index in [2.05, 4.69) is 66.2 Å². The number of hydrogen-bond donors (Lipinski definition) is 2. The van der Waals surface area contributed by atoms with Crippen LogP contribution in [0.15, 0.2) is 46.0 Å². The topological polar surface area (TPSA) is 40.5 Å². The molecule has 0 aromatic heterocycles. The minimum absolute atomic E-state index is 0.00174. The average Bonchev–Trinajstić information content (AvgIpc) is 2.95. The maximum atomic E-state index is 11.4. The van der Waals surface area contributed by atoms with E-state index in [4.69, 9.17) is 0 Å². The fourth-order valence-electron chi connectivity index (χ4n) is 7.41. The first-order chi connectivity index (χ1) is 13.8. The van der Waals surface area contributed by atoms with E-state index in [1.165, 1.54) is 23.1 Å². The van der Waals surface area contributed by atoms with Crippen molar-refractivity contribution >= 4 is 22.0 Å². The average molecular weight is 457 g/mol. The van der Waals surface area contributed by atoms with Gasteiger partial charge in [-0.15, -0.1) is 0 Å². The highest BCUT2D eigenvalue weighted by molar-refractivity contribution is 9.10. The zero-order chi connectivity index (χ0) is 20.4. The van der Waals surface area contributed by atoms with Gasteiger partial charge in [-0.05, 0) is 91.4 Å². The highest BCUT2D eigenvalue weighted by Crippen LogP contribution is 2.65. The first-order valence-electron chi connectivity index (χ1n) is 11.3. The van der Waals surface area contributed by atoms with Gasteiger partial charge in [0.05, 0.1) is 12.2 Å². The Hall–Kier alpha value is -0.900. The molecule has 1 aromatic rings. The molecule has 2 N–H and O–H groups in total. The van der Waals surface area contributed by atoms with Gasteiger partial charge < -0.3 is 10.2 Å². The van der Waals surface area contributed by atoms with Crippen molar-refractivity contribution in [3.63, 3.8) is 0 Å². The minimum Gasteiger partial charge on any atom is -0.393 e. The van der Waals surface area contributed by atoms with E-state index in [1.807, 2.05) is 0 Å². The third-order valence-corrected chi connectivity index (χ3v) is 9.70. The predicted octanol–water partition coefficient (Wildman–Crippen LogP) is 6.13. The summed E-state index contributed by atoms with van der Waals surface area (Å²) in [5, 5.41) is 21.5. The third kappa shape index (κ3) is 3.11. The van der Waals surface area contributed by atoms with Gasteiger partial charge in [0.1, 0.15) is 0 Å². The van der Waals surface area contributed by atoms with Crippen molar-refractivity contribution in [2.24, 2.45) is 28.6 Å². The largest absolute Gasteiger partial charge is 0.393 e. The fourth-order valence-corrected chi connectivity index (χ4v) is 7.68. The molecule has 0 radical (unpaired) electrons. The highest BCUT2D eigenvalue weighted by Gasteiger charge is 2.59. The van der Waals surface area contributed by atoms with Crippen LogP contribution in [0.2, 0.25) is 0 Å². The second kappa shape index (κ2) is 7.07. The molecule has 0 saturated heterocycles. The van der Waals surface area contributed by atoms with E-state index in [0.29, 0.717) is 17.8 Å². The van der Waals surface area contributed by atoms with Crippen LogP contribution in [0, 0.1) is 28.6 Å². The molecule has 5 rings (SSSR count). The summed E-state index contributed by atoms with van der Waals surface area (Å²) in [6.45, 7) is 4.81. The molecular formula is C26H33BrO2. The maximum Gasteiger partial charge on any atom is 0.0809 e. The zero-order valence-electron chi connectivity index (χ0n) is 17.6. The summed E-state index contributed by atoms with van der Waals surface area (Å²) in [6, 6.07) is 8.40. The molecule has 2 nitrogen and oxygen atoms in total. The Morgan fingerprint density at radius 2 is 1.76 bits per heavy atom. The monoisotopic (exact) mass is 456 g/mol. The quantitative estimate of drug-likeness (QED) is 0.499. The van der Waals surface area contributed by atoms with Crippen LogP contribution in [0.3, 0.4) is 0 Å². The predicted molar refractivity (Wildman–Crippen MR) is 121 cm³/mol. The highest BCUT2D eigenvalue weighted by atomic mass is 79.9. The van der Waals surface area contributed by atoms with E-state index in [9.17, 15) is 10.2 Å². The Bertz CT molecular complexity index is 856. The Morgan fingerprint density at radius 1 is 1.00 bits per heavy atom. The normalized spacial score (nSPS) is 45.3. The van der Waals surface area contributed by atoms with Crippen molar-refractivity contribution in [1.29, 1.82) is 0 Å². The molecule has 0 amide bonds. The van der Waals surface area contributed by atoms with E-state index >= 15 is 0 Å². The molecule has 29 heavy (non-hydrogen) atoms. The van der Waals surface area contributed by atoms with Gasteiger partial charge in [-0.1, -0.05) is 59.6 Å². The van der Waals surface area contributed by atoms with Crippen molar-refractivity contribution < 1.29 is 10.2 Å². The summed E-state index contributed by atoms with van der Waals surface area (Å²) in [7, 11) is 0. The molecule has 0 aliphatic heterocycles. The van der Waals surface area contributed by atoms with Crippen molar-refractivity contribution in [2.75, 3.05) is 0 Å². The number of halogens is 1. The fraction of sp³-hybridized carbons (Fsp3) is 0.615. The molecule has 3 saturated carbocycles. The van der Waals surface area contributed by atoms with Gasteiger partial charge in [0.15, 0.2) is 0 Å². The Morgan fingerprint density at radius 3 is 2.52 bits per heavy atom. The standard InChI is InChI=1S/C26H33BrO2/c1-25-11-9-20(28)15-18(25)5-8-21-22(25)10-12-26(2)23(21)14-17(24(26)29)13-16-3-6-19(27)7-4-16/h3-7,13,20-24,28-29H,8-12,14-15H2,1-2H3/b17-13-/t20-,21-,22+,23+,24-,25-,26+/m0/s1. The molecule has 4 aliphatic carbocycles. The molecule has 0 bridgehead atoms. The van der Waals surface area contributed by atoms with Gasteiger partial charge in [-0.25, -0.2) is 0 Å². The summed E-state index contributed by atoms with van der Waals surface area (Å²) in [5.41, 5.74) is 4.18. The van der Waals surface area contributed by atoms with Gasteiger partial charge in [-0.2, -0.15) is 0 Å². The molecule has 156 valence electrons. The Kier molecular flexibility index (Phi) is 4.88. The molecule has 0 unspecified atom stereocenters. The molecule has 3 heteroatoms. The van der Waals surface area contributed by atoms with Gasteiger partial charge in [0, 0.05) is 9.89 Å². The Balaban J connectivity index is 1.46. The molecule has 4 aliphatic rings. The summed E-state index contributed by atoms with van der Waals surface area (Å²) >= 11 is 3.51. The van der Waals surface area contributed by atoms with Gasteiger partial charge in [-0.3, -0.25) is 0 Å². The summed E-state index contributed by atoms with van der Waals surface area (Å²) < 4.78 is 1.09. The minimum atomic E-state index is -0.330. The number of rotatable bonds is 1. The van der Waals surface area contributed by atoms with Crippen molar-refractivity contribution in [2.45, 2.75) is 71.0 Å². The molecule has 0 heterocycles. The summed E-state index contributed by atoms with van der Waals surface area (Å²) in [6.07, 6.45) is 11.6. The van der Waals surface area contributed by atoms with Gasteiger partial charge in [0.25, 0.3) is 0 Å². The molecule has 7 atom stereocenters. The van der Waals surface area contributed by atoms with E-state index in [-0.39, 0.29) is 23.0 Å². The molecule has 3 fully saturated rings. The first kappa shape index (κ1) is 20.0. The smallest absolute Gasteiger partial charge is 0.0809 e. The van der Waals surface area contributed by atoms with Crippen LogP contribution >= 0.6 is 15.9 Å². The number of allylic oxidation sites excluding steroid dienone is 1. The van der Waals surface area contributed by atoms with Crippen LogP contribution in [-0.2, 0) is 0 Å². The van der Waals surface area contributed by atoms with Crippen molar-refractivity contribution in [3.8, 4) is 0 Å². The van der Waals surface area contributed by atoms with Gasteiger partial charge >= 0.3 is 0 Å². The van der Waals surface area contributed by atoms with Crippen LogP contribution in [-0.4, -0.2) is 22.4 Å². The second-order valence-electron chi connectivity index (χ2n) is 10.6. The summed E-state index contributed by atoms with van der Waals surface area (Å²) in [4.78, 5) is 0. The Labute approximate surface area is 183 Å². The second-order valence-corrected chi connectivity index (χ2v) is 11.5. The number of hydrogen-bond acceptors (Lipinski definition) is 2. The SMILES string of the molecule is C[C@@]12CC[C@@H]3[C@H](CC=C4C[C@@H](O)CC[C@@]43C)[C@H]1C/C(=C/c1ccc(Br)cc1)[C@@H]2O. The van der Waals surface area contributed by atoms with Crippen LogP contribution in [0.1, 0.15) is 64.4 Å². The van der Waals surface area contributed by atoms with Crippen LogP contribution in [0.4, 0.5) is 0 Å². The van der Waals surface area contributed by atoms with Gasteiger partial charge in [0.2, 0.25) is 0 Å². The summed E-state index contributed by atoms with van der Waals surface area (Å²) in [5.74, 6) is 1.91. The van der Waals surface area contributed by atoms with Crippen LogP contribution < -0.4 is 0 Å². The first-order valence-corrected chi connectivity index (χ1v) is 12.1. The van der Waals surface area contributed by atoms with E-state index < -0.39 is 0 Å². The lowest BCUT2D eigenvalue weighted by atomic mass is 9.48. The lowest BCUT2D eigenvalue weighted by molar-refractivity contribution is -0.0685. The van der Waals surface area contributed by atoms with E-state index in [1.54, 1.807) is 0 Å². The molecular weight excluding hydrogens is 424 g/mol. The number of benzene rings is 1. The lowest BCUT2D eigenvalue weighted by Crippen LogP contribution is -2.51. The molecule has 1 aromatic carbocycles. The number of fused-ring (bicyclic) bond motifs is 5. The van der Waals surface area contributed by atoms with E-state index in [0.717, 1.165) is 43.0 Å². The zero-order valence-corrected chi connectivity index (χ0v) is 19.2. The third-order valence-electron chi connectivity index (χ3n) is 9.17. The van der Waals surface area contributed by atoms with Crippen LogP contribution in [0.5, 0.6) is 0 Å².